The van der Waals surface area contributed by atoms with Crippen molar-refractivity contribution in [2.45, 2.75) is 0 Å². The molecule has 0 aromatic rings. The lowest BCUT2D eigenvalue weighted by Crippen LogP contribution is -1.80. The smallest absolute Gasteiger partial charge is 0.143 e. The molecule has 0 aliphatic rings. The van der Waals surface area contributed by atoms with Crippen LogP contribution < -0.4 is 0 Å². The fourth-order valence-electron chi connectivity index (χ4n) is 0.199. The van der Waals surface area contributed by atoms with E-state index in [1.165, 1.54) is 0 Å². The van der Waals surface area contributed by atoms with Crippen molar-refractivity contribution < 1.29 is 10.1 Å². The zero-order valence-corrected chi connectivity index (χ0v) is 7.10. The zero-order valence-electron chi connectivity index (χ0n) is 4.94. The van der Waals surface area contributed by atoms with Gasteiger partial charge >= 0.3 is 0 Å². The van der Waals surface area contributed by atoms with Crippen molar-refractivity contribution in [3.05, 3.63) is 0 Å². The van der Waals surface area contributed by atoms with E-state index in [2.05, 4.69) is 38.4 Å². The van der Waals surface area contributed by atoms with Gasteiger partial charge in [0.2, 0.25) is 0 Å². The fourth-order valence-corrected chi connectivity index (χ4v) is 0.334. The predicted octanol–water partition coefficient (Wildman–Crippen LogP) is 0.879. The van der Waals surface area contributed by atoms with Crippen molar-refractivity contribution >= 4 is 22.6 Å². The lowest BCUT2D eigenvalue weighted by atomic mass is 10.5. The summed E-state index contributed by atoms with van der Waals surface area (Å²) in [6.45, 7) is -0.0215. The normalized spacial score (nSPS) is 5.40. The first-order valence-electron chi connectivity index (χ1n) is 2.26. The molecule has 0 atom stereocenters. The van der Waals surface area contributed by atoms with Gasteiger partial charge in [-0.15, -0.1) is 0 Å². The molecule has 50 valence electrons. The highest BCUT2D eigenvalue weighted by molar-refractivity contribution is 14.1. The molecule has 0 aliphatic heterocycles. The second-order valence-electron chi connectivity index (χ2n) is 1.04. The molecule has 0 amide bonds. The largest absolute Gasteiger partial charge is 0.251 e. The minimum Gasteiger partial charge on any atom is -0.251 e. The Morgan fingerprint density at radius 3 is 2.50 bits per heavy atom. The molecular formula is C7H3IO2. The summed E-state index contributed by atoms with van der Waals surface area (Å²) in [6, 6.07) is 0. The van der Waals surface area contributed by atoms with E-state index in [0.717, 1.165) is 0 Å². The van der Waals surface area contributed by atoms with Crippen molar-refractivity contribution in [1.29, 1.82) is 0 Å². The Balaban J connectivity index is 3.63. The molecule has 0 aromatic heterocycles. The maximum Gasteiger partial charge on any atom is 0.143 e. The summed E-state index contributed by atoms with van der Waals surface area (Å²) in [6.07, 6.45) is 0. The molecule has 1 N–H and O–H groups in total. The van der Waals surface area contributed by atoms with E-state index in [4.69, 9.17) is 5.26 Å². The molecule has 0 unspecified atom stereocenters. The molecule has 0 fully saturated rings. The predicted molar refractivity (Wildman–Crippen MR) is 45.9 cm³/mol. The molecule has 0 saturated heterocycles. The zero-order chi connectivity index (χ0) is 7.66. The van der Waals surface area contributed by atoms with Crippen molar-refractivity contribution in [2.75, 3.05) is 6.61 Å². The van der Waals surface area contributed by atoms with E-state index in [-0.39, 0.29) is 6.61 Å². The Kier molecular flexibility index (Phi) is 7.77. The summed E-state index contributed by atoms with van der Waals surface area (Å²) in [7, 11) is 0. The third-order valence-corrected chi connectivity index (χ3v) is 0.730. The summed E-state index contributed by atoms with van der Waals surface area (Å²) in [5.41, 5.74) is 0. The van der Waals surface area contributed by atoms with Gasteiger partial charge in [-0.1, -0.05) is 5.92 Å². The van der Waals surface area contributed by atoms with Gasteiger partial charge in [-0.25, -0.2) is 4.89 Å². The molecule has 0 rings (SSSR count). The number of halogens is 1. The minimum absolute atomic E-state index is 0.0215. The Labute approximate surface area is 73.0 Å². The van der Waals surface area contributed by atoms with E-state index in [9.17, 15) is 0 Å². The molecule has 2 nitrogen and oxygen atoms in total. The van der Waals surface area contributed by atoms with Gasteiger partial charge in [-0.3, -0.25) is 5.26 Å². The lowest BCUT2D eigenvalue weighted by Gasteiger charge is -1.75. The molecule has 0 bridgehead atoms. The average Bonchev–Trinajstić information content (AvgIpc) is 1.97. The molecule has 0 saturated carbocycles. The lowest BCUT2D eigenvalue weighted by molar-refractivity contribution is -0.229. The first-order chi connectivity index (χ1) is 4.91. The third-order valence-electron chi connectivity index (χ3n) is 0.460. The van der Waals surface area contributed by atoms with Crippen molar-refractivity contribution in [3.63, 3.8) is 0 Å². The second kappa shape index (κ2) is 8.33. The summed E-state index contributed by atoms with van der Waals surface area (Å²) in [5.74, 6) is 12.2. The monoisotopic (exact) mass is 246 g/mol. The fraction of sp³-hybridized carbons (Fsp3) is 0.143. The summed E-state index contributed by atoms with van der Waals surface area (Å²) < 4.78 is 2.56. The Morgan fingerprint density at radius 1 is 1.20 bits per heavy atom. The van der Waals surface area contributed by atoms with Crippen LogP contribution >= 0.6 is 22.6 Å². The van der Waals surface area contributed by atoms with E-state index in [0.29, 0.717) is 0 Å². The standard InChI is InChI=1S/C7H3IO2/c8-6-4-2-1-3-5-7-10-9/h9H,7H2. The van der Waals surface area contributed by atoms with E-state index < -0.39 is 0 Å². The van der Waals surface area contributed by atoms with Gasteiger partial charge in [-0.05, 0) is 27.6 Å². The number of rotatable bonds is 1. The molecule has 3 heteroatoms. The molecule has 0 aliphatic carbocycles. The maximum absolute atomic E-state index is 7.79. The van der Waals surface area contributed by atoms with Crippen LogP contribution in [0.3, 0.4) is 0 Å². The van der Waals surface area contributed by atoms with Crippen LogP contribution in [0, 0.1) is 33.5 Å². The third kappa shape index (κ3) is 7.33. The van der Waals surface area contributed by atoms with Crippen molar-refractivity contribution in [3.8, 4) is 33.5 Å². The second-order valence-corrected chi connectivity index (χ2v) is 1.58. The van der Waals surface area contributed by atoms with Crippen LogP contribution in [0.5, 0.6) is 0 Å². The van der Waals surface area contributed by atoms with Crippen LogP contribution in [0.25, 0.3) is 0 Å². The highest BCUT2D eigenvalue weighted by Gasteiger charge is 1.65. The van der Waals surface area contributed by atoms with Gasteiger partial charge in [0.1, 0.15) is 6.61 Å². The van der Waals surface area contributed by atoms with Crippen LogP contribution in [0.1, 0.15) is 0 Å². The van der Waals surface area contributed by atoms with Crippen LogP contribution in [-0.2, 0) is 4.89 Å². The average molecular weight is 246 g/mol. The minimum atomic E-state index is -0.0215. The highest BCUT2D eigenvalue weighted by Crippen LogP contribution is 1.67. The molecular weight excluding hydrogens is 243 g/mol. The van der Waals surface area contributed by atoms with Crippen molar-refractivity contribution in [2.24, 2.45) is 0 Å². The molecule has 0 radical (unpaired) electrons. The van der Waals surface area contributed by atoms with Gasteiger partial charge < -0.3 is 0 Å². The molecule has 0 spiro atoms. The van der Waals surface area contributed by atoms with E-state index in [1.54, 1.807) is 0 Å². The van der Waals surface area contributed by atoms with E-state index >= 15 is 0 Å². The van der Waals surface area contributed by atoms with Crippen LogP contribution in [0.2, 0.25) is 0 Å². The topological polar surface area (TPSA) is 29.5 Å². The van der Waals surface area contributed by atoms with Crippen molar-refractivity contribution in [1.82, 2.24) is 0 Å². The van der Waals surface area contributed by atoms with Gasteiger partial charge in [0.05, 0.1) is 0 Å². The Bertz CT molecular complexity index is 251. The van der Waals surface area contributed by atoms with Gasteiger partial charge in [0.25, 0.3) is 0 Å². The number of hydrogen-bond donors (Lipinski definition) is 1. The van der Waals surface area contributed by atoms with E-state index in [1.807, 2.05) is 22.6 Å². The van der Waals surface area contributed by atoms with Crippen LogP contribution in [0.4, 0.5) is 0 Å². The highest BCUT2D eigenvalue weighted by atomic mass is 127. The molecule has 0 aromatic carbocycles. The van der Waals surface area contributed by atoms with Gasteiger partial charge in [0, 0.05) is 22.6 Å². The van der Waals surface area contributed by atoms with Crippen LogP contribution in [0.15, 0.2) is 0 Å². The Morgan fingerprint density at radius 2 is 1.90 bits per heavy atom. The SMILES string of the molecule is OOCC#CC#CC#CI. The number of hydrogen-bond acceptors (Lipinski definition) is 2. The quantitative estimate of drug-likeness (QED) is 0.322. The molecule has 0 heterocycles. The molecule has 10 heavy (non-hydrogen) atoms. The maximum atomic E-state index is 7.79. The summed E-state index contributed by atoms with van der Waals surface area (Å²) >= 11 is 1.88. The Hall–Kier alpha value is -0.670. The first kappa shape index (κ1) is 9.33. The summed E-state index contributed by atoms with van der Waals surface area (Å²) in [5, 5.41) is 7.79. The summed E-state index contributed by atoms with van der Waals surface area (Å²) in [4.78, 5) is 3.67. The first-order valence-corrected chi connectivity index (χ1v) is 3.34. The van der Waals surface area contributed by atoms with Gasteiger partial charge in [-0.2, -0.15) is 0 Å². The van der Waals surface area contributed by atoms with Crippen LogP contribution in [-0.4, -0.2) is 11.9 Å². The van der Waals surface area contributed by atoms with Gasteiger partial charge in [0.15, 0.2) is 0 Å².